The molecule has 330 valence electrons. The Kier molecular flexibility index (Phi) is 10.2. The van der Waals surface area contributed by atoms with Gasteiger partial charge in [-0.2, -0.15) is 0 Å². The van der Waals surface area contributed by atoms with Gasteiger partial charge in [-0.1, -0.05) is 186 Å². The van der Waals surface area contributed by atoms with Crippen LogP contribution >= 0.6 is 0 Å². The molecule has 0 fully saturated rings. The Labute approximate surface area is 394 Å². The summed E-state index contributed by atoms with van der Waals surface area (Å²) in [5, 5.41) is 2.42. The van der Waals surface area contributed by atoms with Crippen molar-refractivity contribution >= 4 is 85.1 Å². The first kappa shape index (κ1) is 43.4. The average molecular weight is 862 g/mol. The number of hydrogen-bond donors (Lipinski definition) is 0. The minimum Gasteiger partial charge on any atom is -0.311 e. The van der Waals surface area contributed by atoms with Crippen LogP contribution in [0.3, 0.4) is 0 Å². The van der Waals surface area contributed by atoms with Crippen molar-refractivity contribution in [1.82, 2.24) is 0 Å². The maximum atomic E-state index is 2.58. The first-order chi connectivity index (χ1) is 31.3. The Morgan fingerprint density at radius 3 is 1.42 bits per heavy atom. The van der Waals surface area contributed by atoms with E-state index >= 15 is 0 Å². The second-order valence-electron chi connectivity index (χ2n) is 22.8. The first-order valence-corrected chi connectivity index (χ1v) is 23.9. The summed E-state index contributed by atoms with van der Waals surface area (Å²) >= 11 is 0. The molecule has 3 nitrogen and oxygen atoms in total. The predicted octanol–water partition coefficient (Wildman–Crippen LogP) is 15.6. The summed E-state index contributed by atoms with van der Waals surface area (Å²) in [7, 11) is 0. The van der Waals surface area contributed by atoms with E-state index in [-0.39, 0.29) is 28.4 Å². The van der Waals surface area contributed by atoms with E-state index < -0.39 is 0 Å². The van der Waals surface area contributed by atoms with E-state index in [1.165, 1.54) is 72.2 Å². The van der Waals surface area contributed by atoms with Gasteiger partial charge in [0.1, 0.15) is 0 Å². The molecule has 2 aliphatic rings. The Morgan fingerprint density at radius 2 is 0.848 bits per heavy atom. The third-order valence-corrected chi connectivity index (χ3v) is 14.0. The molecule has 0 atom stereocenters. The minimum absolute atomic E-state index is 0.0108. The number of nitrogens with zero attached hydrogens (tertiary/aromatic N) is 3. The van der Waals surface area contributed by atoms with Crippen LogP contribution in [0.25, 0.3) is 10.8 Å². The fraction of sp³-hybridized carbons (Fsp3) is 0.258. The number of anilines is 9. The minimum atomic E-state index is -0.0531. The highest BCUT2D eigenvalue weighted by molar-refractivity contribution is 7.00. The van der Waals surface area contributed by atoms with E-state index in [2.05, 4.69) is 268 Å². The van der Waals surface area contributed by atoms with E-state index in [1.54, 1.807) is 0 Å². The Balaban J connectivity index is 1.36. The van der Waals surface area contributed by atoms with Gasteiger partial charge in [-0.25, -0.2) is 0 Å². The molecular weight excluding hydrogens is 798 g/mol. The normalized spacial score (nSPS) is 13.7. The second kappa shape index (κ2) is 15.5. The molecule has 2 heterocycles. The van der Waals surface area contributed by atoms with E-state index in [9.17, 15) is 0 Å². The molecule has 0 radical (unpaired) electrons. The van der Waals surface area contributed by atoms with Crippen LogP contribution in [-0.4, -0.2) is 6.71 Å². The number of benzene rings is 8. The van der Waals surface area contributed by atoms with Gasteiger partial charge < -0.3 is 14.7 Å². The number of rotatable bonds is 5. The van der Waals surface area contributed by atoms with E-state index in [0.717, 1.165) is 28.4 Å². The number of fused-ring (bicyclic) bond motifs is 5. The van der Waals surface area contributed by atoms with Gasteiger partial charge in [0.05, 0.1) is 11.4 Å². The van der Waals surface area contributed by atoms with Crippen molar-refractivity contribution in [3.05, 3.63) is 192 Å². The molecule has 0 spiro atoms. The molecule has 66 heavy (non-hydrogen) atoms. The lowest BCUT2D eigenvalue weighted by Gasteiger charge is -2.45. The SMILES string of the molecule is CC(C)(C)c1ccc(N2c3ccc(C(C)(C)C)cc3B3c4ccc(C(C)(C)C)cc4N(c4ccc(C(C)(C)C)cc4)c4cc(N(c5ccccc5)c5cccc6ccccc56)cc2c43)cc1. The van der Waals surface area contributed by atoms with Crippen molar-refractivity contribution < 1.29 is 0 Å². The van der Waals surface area contributed by atoms with Crippen LogP contribution in [0.4, 0.5) is 51.2 Å². The molecular formula is C62H64BN3. The maximum Gasteiger partial charge on any atom is 0.252 e. The quantitative estimate of drug-likeness (QED) is 0.160. The summed E-state index contributed by atoms with van der Waals surface area (Å²) in [6.07, 6.45) is 0. The first-order valence-electron chi connectivity index (χ1n) is 23.9. The molecule has 0 amide bonds. The summed E-state index contributed by atoms with van der Waals surface area (Å²) in [5.41, 5.74) is 19.7. The zero-order valence-corrected chi connectivity index (χ0v) is 41.1. The molecule has 2 aliphatic heterocycles. The molecule has 4 heteroatoms. The lowest BCUT2D eigenvalue weighted by atomic mass is 9.33. The molecule has 0 aliphatic carbocycles. The van der Waals surface area contributed by atoms with Crippen molar-refractivity contribution in [3.63, 3.8) is 0 Å². The highest BCUT2D eigenvalue weighted by Crippen LogP contribution is 2.50. The van der Waals surface area contributed by atoms with Crippen LogP contribution in [0.2, 0.25) is 0 Å². The molecule has 0 N–H and O–H groups in total. The number of hydrogen-bond acceptors (Lipinski definition) is 3. The van der Waals surface area contributed by atoms with Crippen LogP contribution in [0, 0.1) is 0 Å². The standard InChI is InChI=1S/C62H64BN3/c1-59(2,3)42-25-31-47(32-26-42)65-54-36-30-44(61(7,8)9)37-52(54)63-51-35-29-45(62(10,11)12)38-55(51)66(48-33-27-43(28-34-48)60(4,5)6)57-40-49(39-56(65)58(57)63)64(46-21-14-13-15-22-46)53-24-18-20-41-19-16-17-23-50(41)53/h13-40H,1-12H3. The Hall–Kier alpha value is -6.52. The molecule has 0 unspecified atom stereocenters. The Bertz CT molecular complexity index is 3110. The van der Waals surface area contributed by atoms with Crippen molar-refractivity contribution in [2.45, 2.75) is 105 Å². The molecule has 0 aromatic heterocycles. The summed E-state index contributed by atoms with van der Waals surface area (Å²) < 4.78 is 0. The topological polar surface area (TPSA) is 9.72 Å². The van der Waals surface area contributed by atoms with Crippen molar-refractivity contribution in [3.8, 4) is 0 Å². The molecule has 0 bridgehead atoms. The fourth-order valence-corrected chi connectivity index (χ4v) is 10.2. The summed E-state index contributed by atoms with van der Waals surface area (Å²) in [6, 6.07) is 64.8. The van der Waals surface area contributed by atoms with Crippen molar-refractivity contribution in [2.75, 3.05) is 14.7 Å². The zero-order chi connectivity index (χ0) is 46.5. The summed E-state index contributed by atoms with van der Waals surface area (Å²) in [5.74, 6) is 0. The second-order valence-corrected chi connectivity index (χ2v) is 22.8. The Morgan fingerprint density at radius 1 is 0.364 bits per heavy atom. The average Bonchev–Trinajstić information content (AvgIpc) is 3.28. The molecule has 10 rings (SSSR count). The summed E-state index contributed by atoms with van der Waals surface area (Å²) in [6.45, 7) is 27.8. The highest BCUT2D eigenvalue weighted by atomic mass is 15.2. The monoisotopic (exact) mass is 862 g/mol. The van der Waals surface area contributed by atoms with Crippen molar-refractivity contribution in [1.29, 1.82) is 0 Å². The zero-order valence-electron chi connectivity index (χ0n) is 41.1. The molecule has 8 aromatic carbocycles. The van der Waals surface area contributed by atoms with Crippen LogP contribution in [-0.2, 0) is 21.7 Å². The van der Waals surface area contributed by atoms with Gasteiger partial charge in [0.25, 0.3) is 6.71 Å². The lowest BCUT2D eigenvalue weighted by Crippen LogP contribution is -2.61. The van der Waals surface area contributed by atoms with Crippen LogP contribution in [0.15, 0.2) is 170 Å². The number of para-hydroxylation sites is 1. The highest BCUT2D eigenvalue weighted by Gasteiger charge is 2.45. The van der Waals surface area contributed by atoms with Crippen LogP contribution in [0.5, 0.6) is 0 Å². The lowest BCUT2D eigenvalue weighted by molar-refractivity contribution is 0.590. The smallest absolute Gasteiger partial charge is 0.252 e. The largest absolute Gasteiger partial charge is 0.311 e. The third kappa shape index (κ3) is 7.49. The van der Waals surface area contributed by atoms with Crippen LogP contribution < -0.4 is 31.1 Å². The van der Waals surface area contributed by atoms with Gasteiger partial charge in [0.15, 0.2) is 0 Å². The van der Waals surface area contributed by atoms with Gasteiger partial charge in [-0.15, -0.1) is 0 Å². The summed E-state index contributed by atoms with van der Waals surface area (Å²) in [4.78, 5) is 7.63. The molecule has 0 saturated heterocycles. The van der Waals surface area contributed by atoms with Gasteiger partial charge in [-0.05, 0) is 132 Å². The molecule has 0 saturated carbocycles. The van der Waals surface area contributed by atoms with E-state index in [4.69, 9.17) is 0 Å². The van der Waals surface area contributed by atoms with Crippen LogP contribution in [0.1, 0.15) is 105 Å². The van der Waals surface area contributed by atoms with Crippen molar-refractivity contribution in [2.24, 2.45) is 0 Å². The fourth-order valence-electron chi connectivity index (χ4n) is 10.2. The molecule has 8 aromatic rings. The van der Waals surface area contributed by atoms with Gasteiger partial charge >= 0.3 is 0 Å². The maximum absolute atomic E-state index is 2.58. The van der Waals surface area contributed by atoms with Gasteiger partial charge in [-0.3, -0.25) is 0 Å². The predicted molar refractivity (Wildman–Crippen MR) is 287 cm³/mol. The van der Waals surface area contributed by atoms with Gasteiger partial charge in [0, 0.05) is 45.2 Å². The third-order valence-electron chi connectivity index (χ3n) is 14.0. The van der Waals surface area contributed by atoms with E-state index in [1.807, 2.05) is 0 Å². The van der Waals surface area contributed by atoms with Gasteiger partial charge in [0.2, 0.25) is 0 Å². The van der Waals surface area contributed by atoms with E-state index in [0.29, 0.717) is 0 Å².